The monoisotopic (exact) mass is 276 g/mol. The molecule has 6 nitrogen and oxygen atoms in total. The highest BCUT2D eigenvalue weighted by molar-refractivity contribution is 5.91. The summed E-state index contributed by atoms with van der Waals surface area (Å²) in [7, 11) is 3.25. The molecule has 0 spiro atoms. The molecule has 0 bridgehead atoms. The van der Waals surface area contributed by atoms with E-state index >= 15 is 0 Å². The van der Waals surface area contributed by atoms with Crippen molar-refractivity contribution in [3.05, 3.63) is 45.5 Å². The molecule has 6 heteroatoms. The molecule has 0 saturated carbocycles. The number of carbonyl (C=O) groups is 1. The molecule has 1 heterocycles. The Hall–Kier alpha value is -2.21. The molecule has 20 heavy (non-hydrogen) atoms. The lowest BCUT2D eigenvalue weighted by atomic mass is 9.96. The number of rotatable bonds is 3. The number of nitrogens with zero attached hydrogens (tertiary/aromatic N) is 2. The first-order valence-corrected chi connectivity index (χ1v) is 6.27. The number of nitro benzene ring substituents is 1. The fraction of sp³-hybridized carbons (Fsp3) is 0.357. The number of carbonyl (C=O) groups excluding carboxylic acids is 1. The molecule has 0 atom stereocenters. The van der Waals surface area contributed by atoms with E-state index in [4.69, 9.17) is 0 Å². The van der Waals surface area contributed by atoms with Crippen molar-refractivity contribution in [1.82, 2.24) is 4.90 Å². The molecule has 1 aliphatic rings. The fourth-order valence-corrected chi connectivity index (χ4v) is 2.21. The number of hydrogen-bond donors (Lipinski definition) is 0. The lowest BCUT2D eigenvalue weighted by Crippen LogP contribution is -2.23. The largest absolute Gasteiger partial charge is 0.465 e. The predicted molar refractivity (Wildman–Crippen MR) is 74.5 cm³/mol. The van der Waals surface area contributed by atoms with E-state index in [0.717, 1.165) is 25.1 Å². The van der Waals surface area contributed by atoms with Crippen LogP contribution < -0.4 is 0 Å². The van der Waals surface area contributed by atoms with Gasteiger partial charge in [0.1, 0.15) is 0 Å². The quantitative estimate of drug-likeness (QED) is 0.480. The number of esters is 1. The standard InChI is InChI=1S/C14H16N2O4/c1-15-7-5-10(6-8-15)12-4-3-11(14(17)20-2)9-13(12)16(18)19/h3-5,9H,6-8H2,1-2H3. The fourth-order valence-electron chi connectivity index (χ4n) is 2.21. The van der Waals surface area contributed by atoms with Crippen molar-refractivity contribution in [3.8, 4) is 0 Å². The number of nitro groups is 1. The Labute approximate surface area is 116 Å². The Morgan fingerprint density at radius 3 is 2.75 bits per heavy atom. The maximum atomic E-state index is 11.5. The summed E-state index contributed by atoms with van der Waals surface area (Å²) in [5.74, 6) is -0.572. The summed E-state index contributed by atoms with van der Waals surface area (Å²) >= 11 is 0. The minimum atomic E-state index is -0.572. The molecule has 0 fully saturated rings. The van der Waals surface area contributed by atoms with E-state index < -0.39 is 10.9 Å². The van der Waals surface area contributed by atoms with E-state index in [1.807, 2.05) is 13.1 Å². The molecule has 0 radical (unpaired) electrons. The highest BCUT2D eigenvalue weighted by Crippen LogP contribution is 2.31. The Morgan fingerprint density at radius 1 is 1.45 bits per heavy atom. The van der Waals surface area contributed by atoms with Crippen LogP contribution in [0.25, 0.3) is 5.57 Å². The summed E-state index contributed by atoms with van der Waals surface area (Å²) in [6.07, 6.45) is 2.75. The number of methoxy groups -OCH3 is 1. The lowest BCUT2D eigenvalue weighted by molar-refractivity contribution is -0.385. The molecule has 0 aliphatic carbocycles. The van der Waals surface area contributed by atoms with Gasteiger partial charge in [-0.15, -0.1) is 0 Å². The van der Waals surface area contributed by atoms with Crippen molar-refractivity contribution in [2.24, 2.45) is 0 Å². The molecule has 1 aliphatic heterocycles. The van der Waals surface area contributed by atoms with Crippen molar-refractivity contribution >= 4 is 17.2 Å². The summed E-state index contributed by atoms with van der Waals surface area (Å²) in [6.45, 7) is 1.63. The molecule has 1 aromatic rings. The van der Waals surface area contributed by atoms with E-state index in [-0.39, 0.29) is 11.3 Å². The first-order valence-electron chi connectivity index (χ1n) is 6.27. The SMILES string of the molecule is COC(=O)c1ccc(C2=CCN(C)CC2)c([N+](=O)[O-])c1. The van der Waals surface area contributed by atoms with Crippen LogP contribution >= 0.6 is 0 Å². The van der Waals surface area contributed by atoms with Crippen molar-refractivity contribution < 1.29 is 14.5 Å². The van der Waals surface area contributed by atoms with Crippen LogP contribution in [0.2, 0.25) is 0 Å². The summed E-state index contributed by atoms with van der Waals surface area (Å²) in [6, 6.07) is 4.47. The van der Waals surface area contributed by atoms with Crippen LogP contribution in [0.4, 0.5) is 5.69 Å². The first-order chi connectivity index (χ1) is 9.52. The molecule has 1 aromatic carbocycles. The van der Waals surface area contributed by atoms with Crippen LogP contribution in [0.15, 0.2) is 24.3 Å². The first kappa shape index (κ1) is 14.2. The van der Waals surface area contributed by atoms with Gasteiger partial charge in [-0.3, -0.25) is 10.1 Å². The lowest BCUT2D eigenvalue weighted by Gasteiger charge is -2.22. The molecule has 0 unspecified atom stereocenters. The van der Waals surface area contributed by atoms with E-state index in [1.165, 1.54) is 13.2 Å². The van der Waals surface area contributed by atoms with Crippen molar-refractivity contribution in [2.45, 2.75) is 6.42 Å². The molecular formula is C14H16N2O4. The minimum absolute atomic E-state index is 0.0521. The van der Waals surface area contributed by atoms with Gasteiger partial charge in [0, 0.05) is 19.2 Å². The predicted octanol–water partition coefficient (Wildman–Crippen LogP) is 2.10. The Morgan fingerprint density at radius 2 is 2.20 bits per heavy atom. The molecule has 106 valence electrons. The van der Waals surface area contributed by atoms with Crippen LogP contribution in [0.3, 0.4) is 0 Å². The van der Waals surface area contributed by atoms with Gasteiger partial charge in [0.15, 0.2) is 0 Å². The molecule has 2 rings (SSSR count). The van der Waals surface area contributed by atoms with Crippen molar-refractivity contribution in [3.63, 3.8) is 0 Å². The van der Waals surface area contributed by atoms with Gasteiger partial charge in [-0.05, 0) is 31.2 Å². The third-order valence-electron chi connectivity index (χ3n) is 3.37. The normalized spacial score (nSPS) is 15.6. The third kappa shape index (κ3) is 2.85. The molecular weight excluding hydrogens is 260 g/mol. The van der Waals surface area contributed by atoms with E-state index in [9.17, 15) is 14.9 Å². The van der Waals surface area contributed by atoms with Gasteiger partial charge in [-0.1, -0.05) is 6.08 Å². The number of hydrogen-bond acceptors (Lipinski definition) is 5. The number of ether oxygens (including phenoxy) is 1. The average Bonchev–Trinajstić information content (AvgIpc) is 2.46. The molecule has 0 N–H and O–H groups in total. The van der Waals surface area contributed by atoms with Crippen molar-refractivity contribution in [2.75, 3.05) is 27.2 Å². The van der Waals surface area contributed by atoms with Crippen LogP contribution in [0.5, 0.6) is 0 Å². The van der Waals surface area contributed by atoms with Crippen LogP contribution in [0.1, 0.15) is 22.3 Å². The molecule has 0 saturated heterocycles. The zero-order chi connectivity index (χ0) is 14.7. The Balaban J connectivity index is 2.43. The van der Waals surface area contributed by atoms with Gasteiger partial charge in [0.05, 0.1) is 23.2 Å². The zero-order valence-electron chi connectivity index (χ0n) is 11.5. The zero-order valence-corrected chi connectivity index (χ0v) is 11.5. The average molecular weight is 276 g/mol. The second-order valence-corrected chi connectivity index (χ2v) is 4.72. The Bertz CT molecular complexity index is 581. The van der Waals surface area contributed by atoms with Gasteiger partial charge in [-0.2, -0.15) is 0 Å². The summed E-state index contributed by atoms with van der Waals surface area (Å²) < 4.78 is 4.59. The summed E-state index contributed by atoms with van der Waals surface area (Å²) in [4.78, 5) is 24.3. The number of benzene rings is 1. The summed E-state index contributed by atoms with van der Waals surface area (Å²) in [5, 5.41) is 11.2. The van der Waals surface area contributed by atoms with Gasteiger partial charge < -0.3 is 9.64 Å². The van der Waals surface area contributed by atoms with E-state index in [1.54, 1.807) is 12.1 Å². The second-order valence-electron chi connectivity index (χ2n) is 4.72. The Kier molecular flexibility index (Phi) is 4.14. The van der Waals surface area contributed by atoms with E-state index in [2.05, 4.69) is 9.64 Å². The smallest absolute Gasteiger partial charge is 0.338 e. The van der Waals surface area contributed by atoms with E-state index in [0.29, 0.717) is 5.56 Å². The van der Waals surface area contributed by atoms with Crippen LogP contribution in [0, 0.1) is 10.1 Å². The van der Waals surface area contributed by atoms with Gasteiger partial charge >= 0.3 is 5.97 Å². The minimum Gasteiger partial charge on any atom is -0.465 e. The second kappa shape index (κ2) is 5.83. The van der Waals surface area contributed by atoms with Crippen LogP contribution in [-0.2, 0) is 4.74 Å². The molecule has 0 amide bonds. The third-order valence-corrected chi connectivity index (χ3v) is 3.37. The topological polar surface area (TPSA) is 72.7 Å². The van der Waals surface area contributed by atoms with Gasteiger partial charge in [-0.25, -0.2) is 4.79 Å². The van der Waals surface area contributed by atoms with Crippen molar-refractivity contribution in [1.29, 1.82) is 0 Å². The highest BCUT2D eigenvalue weighted by atomic mass is 16.6. The molecule has 0 aromatic heterocycles. The van der Waals surface area contributed by atoms with Gasteiger partial charge in [0.2, 0.25) is 0 Å². The number of likely N-dealkylation sites (N-methyl/N-ethyl adjacent to an activating group) is 1. The maximum Gasteiger partial charge on any atom is 0.338 e. The maximum absolute atomic E-state index is 11.5. The highest BCUT2D eigenvalue weighted by Gasteiger charge is 2.21. The van der Waals surface area contributed by atoms with Gasteiger partial charge in [0.25, 0.3) is 5.69 Å². The summed E-state index contributed by atoms with van der Waals surface area (Å²) in [5.41, 5.74) is 1.67. The van der Waals surface area contributed by atoms with Crippen LogP contribution in [-0.4, -0.2) is 43.0 Å².